The molecule has 3 rings (SSSR count). The number of ether oxygens (including phenoxy) is 1. The SMILES string of the molecule is CC(C)(C)OC(=O)N[C@@H](CC(N)=O)C(=O)Nc1ccc2c(c1)oc1ccccc12. The zero-order valence-electron chi connectivity index (χ0n) is 16.4. The van der Waals surface area contributed by atoms with Gasteiger partial charge in [0, 0.05) is 22.5 Å². The minimum absolute atomic E-state index is 0.363. The molecule has 2 aromatic carbocycles. The summed E-state index contributed by atoms with van der Waals surface area (Å²) in [6, 6.07) is 11.7. The van der Waals surface area contributed by atoms with Gasteiger partial charge in [-0.1, -0.05) is 18.2 Å². The van der Waals surface area contributed by atoms with Crippen LogP contribution in [0.1, 0.15) is 27.2 Å². The molecule has 1 aromatic heterocycles. The van der Waals surface area contributed by atoms with E-state index in [0.717, 1.165) is 16.4 Å². The second-order valence-corrected chi connectivity index (χ2v) is 7.67. The highest BCUT2D eigenvalue weighted by atomic mass is 16.6. The second kappa shape index (κ2) is 7.83. The molecule has 0 spiro atoms. The van der Waals surface area contributed by atoms with Crippen LogP contribution in [0.15, 0.2) is 46.9 Å². The smallest absolute Gasteiger partial charge is 0.408 e. The maximum absolute atomic E-state index is 12.6. The Morgan fingerprint density at radius 2 is 1.76 bits per heavy atom. The lowest BCUT2D eigenvalue weighted by Gasteiger charge is -2.22. The first kappa shape index (κ1) is 20.2. The van der Waals surface area contributed by atoms with Crippen LogP contribution in [0.3, 0.4) is 0 Å². The van der Waals surface area contributed by atoms with E-state index in [1.54, 1.807) is 32.9 Å². The number of hydrogen-bond donors (Lipinski definition) is 3. The summed E-state index contributed by atoms with van der Waals surface area (Å²) in [4.78, 5) is 36.0. The second-order valence-electron chi connectivity index (χ2n) is 7.67. The van der Waals surface area contributed by atoms with Crippen LogP contribution in [0.5, 0.6) is 0 Å². The van der Waals surface area contributed by atoms with Crippen molar-refractivity contribution in [2.75, 3.05) is 5.32 Å². The molecule has 0 aliphatic carbocycles. The van der Waals surface area contributed by atoms with Crippen LogP contribution in [0.2, 0.25) is 0 Å². The Balaban J connectivity index is 1.78. The number of benzene rings is 2. The highest BCUT2D eigenvalue weighted by molar-refractivity contribution is 6.07. The van der Waals surface area contributed by atoms with Gasteiger partial charge in [0.2, 0.25) is 11.8 Å². The number of furan rings is 1. The van der Waals surface area contributed by atoms with E-state index in [9.17, 15) is 14.4 Å². The molecule has 3 amide bonds. The zero-order chi connectivity index (χ0) is 21.2. The Bertz CT molecular complexity index is 1080. The minimum Gasteiger partial charge on any atom is -0.456 e. The fraction of sp³-hybridized carbons (Fsp3) is 0.286. The minimum atomic E-state index is -1.17. The molecule has 0 unspecified atom stereocenters. The molecule has 8 heteroatoms. The molecule has 0 saturated heterocycles. The fourth-order valence-corrected chi connectivity index (χ4v) is 2.89. The van der Waals surface area contributed by atoms with E-state index in [1.165, 1.54) is 0 Å². The first-order valence-electron chi connectivity index (χ1n) is 9.12. The molecule has 152 valence electrons. The number of amides is 3. The predicted molar refractivity (Wildman–Crippen MR) is 109 cm³/mol. The number of rotatable bonds is 5. The van der Waals surface area contributed by atoms with Crippen molar-refractivity contribution in [1.29, 1.82) is 0 Å². The maximum atomic E-state index is 12.6. The largest absolute Gasteiger partial charge is 0.456 e. The average molecular weight is 397 g/mol. The quantitative estimate of drug-likeness (QED) is 0.609. The molecular formula is C21H23N3O5. The lowest BCUT2D eigenvalue weighted by Crippen LogP contribution is -2.47. The highest BCUT2D eigenvalue weighted by Crippen LogP contribution is 2.30. The van der Waals surface area contributed by atoms with E-state index >= 15 is 0 Å². The van der Waals surface area contributed by atoms with Gasteiger partial charge >= 0.3 is 6.09 Å². The van der Waals surface area contributed by atoms with Gasteiger partial charge < -0.3 is 25.5 Å². The number of hydrogen-bond acceptors (Lipinski definition) is 5. The molecular weight excluding hydrogens is 374 g/mol. The summed E-state index contributed by atoms with van der Waals surface area (Å²) < 4.78 is 10.9. The Labute approximate surface area is 167 Å². The zero-order valence-corrected chi connectivity index (χ0v) is 16.4. The van der Waals surface area contributed by atoms with Crippen LogP contribution in [-0.2, 0) is 14.3 Å². The highest BCUT2D eigenvalue weighted by Gasteiger charge is 2.26. The van der Waals surface area contributed by atoms with Gasteiger partial charge in [-0.25, -0.2) is 4.79 Å². The molecule has 0 bridgehead atoms. The van der Waals surface area contributed by atoms with Crippen molar-refractivity contribution >= 4 is 45.5 Å². The van der Waals surface area contributed by atoms with Gasteiger partial charge in [0.1, 0.15) is 22.8 Å². The normalized spacial score (nSPS) is 12.5. The van der Waals surface area contributed by atoms with E-state index < -0.39 is 29.6 Å². The van der Waals surface area contributed by atoms with E-state index in [1.807, 2.05) is 30.3 Å². The van der Waals surface area contributed by atoms with E-state index in [0.29, 0.717) is 11.3 Å². The topological polar surface area (TPSA) is 124 Å². The number of carbonyl (C=O) groups is 3. The Morgan fingerprint density at radius 1 is 1.07 bits per heavy atom. The molecule has 1 heterocycles. The monoisotopic (exact) mass is 397 g/mol. The van der Waals surface area contributed by atoms with Gasteiger partial charge in [-0.2, -0.15) is 0 Å². The summed E-state index contributed by atoms with van der Waals surface area (Å²) in [5.74, 6) is -1.32. The number of anilines is 1. The van der Waals surface area contributed by atoms with Crippen LogP contribution in [-0.4, -0.2) is 29.6 Å². The van der Waals surface area contributed by atoms with Crippen molar-refractivity contribution in [1.82, 2.24) is 5.32 Å². The fourth-order valence-electron chi connectivity index (χ4n) is 2.89. The molecule has 1 atom stereocenters. The lowest BCUT2D eigenvalue weighted by atomic mass is 10.1. The van der Waals surface area contributed by atoms with E-state index in [4.69, 9.17) is 14.9 Å². The Kier molecular flexibility index (Phi) is 5.45. The summed E-state index contributed by atoms with van der Waals surface area (Å²) in [5, 5.41) is 6.95. The van der Waals surface area contributed by atoms with Gasteiger partial charge in [0.15, 0.2) is 0 Å². The van der Waals surface area contributed by atoms with Crippen molar-refractivity contribution in [3.05, 3.63) is 42.5 Å². The first-order valence-corrected chi connectivity index (χ1v) is 9.12. The summed E-state index contributed by atoms with van der Waals surface area (Å²) in [7, 11) is 0. The van der Waals surface area contributed by atoms with Crippen molar-refractivity contribution in [3.8, 4) is 0 Å². The number of nitrogens with two attached hydrogens (primary N) is 1. The molecule has 0 radical (unpaired) electrons. The third-order valence-electron chi connectivity index (χ3n) is 4.06. The van der Waals surface area contributed by atoms with Crippen LogP contribution in [0.4, 0.5) is 10.5 Å². The summed E-state index contributed by atoms with van der Waals surface area (Å²) in [6.45, 7) is 5.08. The maximum Gasteiger partial charge on any atom is 0.408 e. The molecule has 29 heavy (non-hydrogen) atoms. The van der Waals surface area contributed by atoms with Gasteiger partial charge in [0.05, 0.1) is 6.42 Å². The van der Waals surface area contributed by atoms with Gasteiger partial charge in [-0.3, -0.25) is 9.59 Å². The molecule has 3 aromatic rings. The summed E-state index contributed by atoms with van der Waals surface area (Å²) >= 11 is 0. The number of nitrogens with one attached hydrogen (secondary N) is 2. The average Bonchev–Trinajstić information content (AvgIpc) is 2.96. The standard InChI is InChI=1S/C21H23N3O5/c1-21(2,3)29-20(27)24-15(11-18(22)25)19(26)23-12-8-9-14-13-6-4-5-7-16(13)28-17(14)10-12/h4-10,15H,11H2,1-3H3,(H2,22,25)(H,23,26)(H,24,27)/t15-/m0/s1. The van der Waals surface area contributed by atoms with E-state index in [2.05, 4.69) is 10.6 Å². The van der Waals surface area contributed by atoms with Crippen LogP contribution >= 0.6 is 0 Å². The Hall–Kier alpha value is -3.55. The van der Waals surface area contributed by atoms with Crippen LogP contribution < -0.4 is 16.4 Å². The van der Waals surface area contributed by atoms with Crippen molar-refractivity contribution < 1.29 is 23.5 Å². The number of carbonyl (C=O) groups excluding carboxylic acids is 3. The number of fused-ring (bicyclic) bond motifs is 3. The molecule has 0 fully saturated rings. The van der Waals surface area contributed by atoms with Crippen molar-refractivity contribution in [3.63, 3.8) is 0 Å². The molecule has 0 aliphatic heterocycles. The van der Waals surface area contributed by atoms with Crippen LogP contribution in [0.25, 0.3) is 21.9 Å². The Morgan fingerprint density at radius 3 is 2.45 bits per heavy atom. The third kappa shape index (κ3) is 5.04. The molecule has 8 nitrogen and oxygen atoms in total. The molecule has 4 N–H and O–H groups in total. The van der Waals surface area contributed by atoms with Crippen LogP contribution in [0, 0.1) is 0 Å². The predicted octanol–water partition coefficient (Wildman–Crippen LogP) is 3.29. The van der Waals surface area contributed by atoms with Crippen molar-refractivity contribution in [2.45, 2.75) is 38.8 Å². The van der Waals surface area contributed by atoms with E-state index in [-0.39, 0.29) is 6.42 Å². The number of primary amides is 1. The summed E-state index contributed by atoms with van der Waals surface area (Å²) in [5.41, 5.74) is 6.28. The third-order valence-corrected chi connectivity index (χ3v) is 4.06. The first-order chi connectivity index (χ1) is 13.6. The lowest BCUT2D eigenvalue weighted by molar-refractivity contribution is -0.124. The van der Waals surface area contributed by atoms with Gasteiger partial charge in [-0.05, 0) is 39.0 Å². The number of alkyl carbamates (subject to hydrolysis) is 1. The van der Waals surface area contributed by atoms with Crippen molar-refractivity contribution in [2.24, 2.45) is 5.73 Å². The summed E-state index contributed by atoms with van der Waals surface area (Å²) in [6.07, 6.45) is -1.18. The number of para-hydroxylation sites is 1. The van der Waals surface area contributed by atoms with Gasteiger partial charge in [-0.15, -0.1) is 0 Å². The molecule has 0 aliphatic rings. The molecule has 0 saturated carbocycles. The van der Waals surface area contributed by atoms with Gasteiger partial charge in [0.25, 0.3) is 0 Å².